The second-order valence-corrected chi connectivity index (χ2v) is 4.39. The lowest BCUT2D eigenvalue weighted by molar-refractivity contribution is 0.253. The number of anilines is 1. The van der Waals surface area contributed by atoms with Crippen LogP contribution in [0, 0.1) is 11.3 Å². The second-order valence-electron chi connectivity index (χ2n) is 2.97. The van der Waals surface area contributed by atoms with E-state index in [0.717, 1.165) is 6.07 Å². The normalized spacial score (nSPS) is 10.4. The number of nitrogens with zero attached hydrogens (tertiary/aromatic N) is 1. The molecule has 2 amide bonds. The molecule has 0 fully saturated rings. The Morgan fingerprint density at radius 1 is 1.47 bits per heavy atom. The van der Waals surface area contributed by atoms with Crippen molar-refractivity contribution in [2.45, 2.75) is 4.90 Å². The molecule has 1 rings (SSSR count). The molecular formula is C9H9N3O4S. The van der Waals surface area contributed by atoms with E-state index in [1.165, 1.54) is 18.2 Å². The second kappa shape index (κ2) is 5.29. The fourth-order valence-electron chi connectivity index (χ4n) is 1.03. The quantitative estimate of drug-likeness (QED) is 0.539. The molecule has 90 valence electrons. The number of hydrogen-bond donors (Lipinski definition) is 3. The third-order valence-corrected chi connectivity index (χ3v) is 2.57. The first kappa shape index (κ1) is 13.0. The fourth-order valence-corrected chi connectivity index (χ4v) is 1.56. The van der Waals surface area contributed by atoms with Gasteiger partial charge in [0.25, 0.3) is 10.1 Å². The van der Waals surface area contributed by atoms with Crippen molar-refractivity contribution in [3.05, 3.63) is 24.3 Å². The van der Waals surface area contributed by atoms with Gasteiger partial charge in [0.2, 0.25) is 0 Å². The summed E-state index contributed by atoms with van der Waals surface area (Å²) in [5.41, 5.74) is 0.190. The molecular weight excluding hydrogens is 246 g/mol. The van der Waals surface area contributed by atoms with E-state index in [1.54, 1.807) is 6.07 Å². The number of amides is 2. The van der Waals surface area contributed by atoms with Crippen LogP contribution in [0.25, 0.3) is 0 Å². The zero-order chi connectivity index (χ0) is 12.9. The maximum atomic E-state index is 11.1. The van der Waals surface area contributed by atoms with Crippen LogP contribution in [-0.2, 0) is 10.1 Å². The van der Waals surface area contributed by atoms with Gasteiger partial charge in [-0.15, -0.1) is 0 Å². The smallest absolute Gasteiger partial charge is 0.320 e. The molecule has 17 heavy (non-hydrogen) atoms. The minimum Gasteiger partial charge on any atom is -0.325 e. The van der Waals surface area contributed by atoms with E-state index < -0.39 is 16.1 Å². The van der Waals surface area contributed by atoms with Crippen LogP contribution >= 0.6 is 0 Å². The van der Waals surface area contributed by atoms with Gasteiger partial charge in [-0.3, -0.25) is 4.55 Å². The Kier molecular flexibility index (Phi) is 4.03. The minimum atomic E-state index is -4.30. The lowest BCUT2D eigenvalue weighted by Gasteiger charge is -2.05. The predicted octanol–water partition coefficient (Wildman–Crippen LogP) is 0.578. The highest BCUT2D eigenvalue weighted by molar-refractivity contribution is 7.85. The highest BCUT2D eigenvalue weighted by atomic mass is 32.2. The van der Waals surface area contributed by atoms with Gasteiger partial charge in [0.1, 0.15) is 6.54 Å². The van der Waals surface area contributed by atoms with Crippen molar-refractivity contribution in [1.29, 1.82) is 5.26 Å². The number of hydrogen-bond acceptors (Lipinski definition) is 4. The van der Waals surface area contributed by atoms with Gasteiger partial charge in [-0.25, -0.2) is 4.79 Å². The van der Waals surface area contributed by atoms with Gasteiger partial charge < -0.3 is 10.6 Å². The summed E-state index contributed by atoms with van der Waals surface area (Å²) in [6.45, 7) is -0.163. The summed E-state index contributed by atoms with van der Waals surface area (Å²) in [7, 11) is -4.30. The maximum Gasteiger partial charge on any atom is 0.320 e. The number of carbonyl (C=O) groups is 1. The highest BCUT2D eigenvalue weighted by Gasteiger charge is 2.10. The molecule has 3 N–H and O–H groups in total. The molecule has 0 saturated heterocycles. The Morgan fingerprint density at radius 3 is 2.76 bits per heavy atom. The van der Waals surface area contributed by atoms with E-state index >= 15 is 0 Å². The number of rotatable bonds is 3. The molecule has 0 aromatic heterocycles. The Bertz CT molecular complexity index is 562. The van der Waals surface area contributed by atoms with Crippen LogP contribution in [0.1, 0.15) is 0 Å². The van der Waals surface area contributed by atoms with Crippen molar-refractivity contribution in [1.82, 2.24) is 5.32 Å². The molecule has 0 heterocycles. The molecule has 0 bridgehead atoms. The number of urea groups is 1. The van der Waals surface area contributed by atoms with Crippen molar-refractivity contribution in [3.8, 4) is 6.07 Å². The summed E-state index contributed by atoms with van der Waals surface area (Å²) < 4.78 is 30.4. The van der Waals surface area contributed by atoms with Gasteiger partial charge in [0.15, 0.2) is 0 Å². The molecule has 0 radical (unpaired) electrons. The SMILES string of the molecule is N#CCNC(=O)Nc1cccc(S(=O)(=O)O)c1. The monoisotopic (exact) mass is 255 g/mol. The van der Waals surface area contributed by atoms with Gasteiger partial charge >= 0.3 is 6.03 Å². The van der Waals surface area contributed by atoms with E-state index in [0.29, 0.717) is 0 Å². The van der Waals surface area contributed by atoms with Crippen LogP contribution in [0.4, 0.5) is 10.5 Å². The molecule has 0 aliphatic rings. The van der Waals surface area contributed by atoms with Crippen molar-refractivity contribution >= 4 is 21.8 Å². The van der Waals surface area contributed by atoms with Crippen LogP contribution in [0.5, 0.6) is 0 Å². The summed E-state index contributed by atoms with van der Waals surface area (Å²) in [5.74, 6) is 0. The summed E-state index contributed by atoms with van der Waals surface area (Å²) in [4.78, 5) is 10.8. The van der Waals surface area contributed by atoms with Crippen LogP contribution in [0.3, 0.4) is 0 Å². The lowest BCUT2D eigenvalue weighted by atomic mass is 10.3. The first-order valence-corrected chi connectivity index (χ1v) is 5.87. The minimum absolute atomic E-state index is 0.163. The van der Waals surface area contributed by atoms with Crippen LogP contribution in [0.2, 0.25) is 0 Å². The van der Waals surface area contributed by atoms with E-state index in [2.05, 4.69) is 10.6 Å². The molecule has 1 aromatic rings. The van der Waals surface area contributed by atoms with E-state index in [1.807, 2.05) is 0 Å². The first-order chi connectivity index (χ1) is 7.93. The molecule has 0 atom stereocenters. The van der Waals surface area contributed by atoms with Crippen molar-refractivity contribution in [2.24, 2.45) is 0 Å². The molecule has 1 aromatic carbocycles. The van der Waals surface area contributed by atoms with Crippen molar-refractivity contribution in [2.75, 3.05) is 11.9 Å². The number of nitriles is 1. The standard InChI is InChI=1S/C9H9N3O4S/c10-4-5-11-9(13)12-7-2-1-3-8(6-7)17(14,15)16/h1-3,6H,5H2,(H2,11,12,13)(H,14,15,16). The molecule has 7 nitrogen and oxygen atoms in total. The van der Waals surface area contributed by atoms with Crippen LogP contribution < -0.4 is 10.6 Å². The lowest BCUT2D eigenvalue weighted by Crippen LogP contribution is -2.28. The van der Waals surface area contributed by atoms with Crippen molar-refractivity contribution in [3.63, 3.8) is 0 Å². The molecule has 0 saturated carbocycles. The largest absolute Gasteiger partial charge is 0.325 e. The first-order valence-electron chi connectivity index (χ1n) is 4.43. The summed E-state index contributed by atoms with van der Waals surface area (Å²) >= 11 is 0. The number of carbonyl (C=O) groups excluding carboxylic acids is 1. The van der Waals surface area contributed by atoms with Crippen LogP contribution in [-0.4, -0.2) is 25.5 Å². The topological polar surface area (TPSA) is 119 Å². The van der Waals surface area contributed by atoms with Gasteiger partial charge in [0, 0.05) is 5.69 Å². The third kappa shape index (κ3) is 4.10. The average molecular weight is 255 g/mol. The fraction of sp³-hybridized carbons (Fsp3) is 0.111. The van der Waals surface area contributed by atoms with Crippen molar-refractivity contribution < 1.29 is 17.8 Å². The van der Waals surface area contributed by atoms with E-state index in [4.69, 9.17) is 9.81 Å². The Hall–Kier alpha value is -2.11. The maximum absolute atomic E-state index is 11.1. The summed E-state index contributed by atoms with van der Waals surface area (Å²) in [6, 6.07) is 6.17. The Balaban J connectivity index is 2.80. The molecule has 0 unspecified atom stereocenters. The highest BCUT2D eigenvalue weighted by Crippen LogP contribution is 2.14. The summed E-state index contributed by atoms with van der Waals surface area (Å²) in [5, 5.41) is 12.8. The predicted molar refractivity (Wildman–Crippen MR) is 58.9 cm³/mol. The molecule has 0 aliphatic carbocycles. The van der Waals surface area contributed by atoms with Crippen LogP contribution in [0.15, 0.2) is 29.2 Å². The zero-order valence-electron chi connectivity index (χ0n) is 8.54. The van der Waals surface area contributed by atoms with Gasteiger partial charge in [-0.05, 0) is 18.2 Å². The molecule has 8 heteroatoms. The Morgan fingerprint density at radius 2 is 2.18 bits per heavy atom. The number of benzene rings is 1. The van der Waals surface area contributed by atoms with E-state index in [9.17, 15) is 13.2 Å². The van der Waals surface area contributed by atoms with Gasteiger partial charge in [0.05, 0.1) is 11.0 Å². The van der Waals surface area contributed by atoms with Gasteiger partial charge in [-0.2, -0.15) is 13.7 Å². The summed E-state index contributed by atoms with van der Waals surface area (Å²) in [6.07, 6.45) is 0. The number of nitrogens with one attached hydrogen (secondary N) is 2. The molecule has 0 spiro atoms. The Labute approximate surface area is 97.8 Å². The zero-order valence-corrected chi connectivity index (χ0v) is 9.36. The molecule has 0 aliphatic heterocycles. The average Bonchev–Trinajstić information content (AvgIpc) is 2.25. The van der Waals surface area contributed by atoms with E-state index in [-0.39, 0.29) is 17.1 Å². The van der Waals surface area contributed by atoms with Gasteiger partial charge in [-0.1, -0.05) is 6.07 Å². The third-order valence-electron chi connectivity index (χ3n) is 1.72.